The Bertz CT molecular complexity index is 660. The van der Waals surface area contributed by atoms with Crippen molar-refractivity contribution >= 4 is 5.97 Å². The van der Waals surface area contributed by atoms with Gasteiger partial charge in [0.25, 0.3) is 0 Å². The monoisotopic (exact) mass is 310 g/mol. The Labute approximate surface area is 136 Å². The van der Waals surface area contributed by atoms with Gasteiger partial charge in [-0.05, 0) is 18.6 Å². The fraction of sp³-hybridized carbons (Fsp3) is 0.350. The summed E-state index contributed by atoms with van der Waals surface area (Å²) in [5.74, 6) is 0.519. The van der Waals surface area contributed by atoms with Crippen molar-refractivity contribution in [1.82, 2.24) is 0 Å². The van der Waals surface area contributed by atoms with E-state index in [-0.39, 0.29) is 0 Å². The summed E-state index contributed by atoms with van der Waals surface area (Å²) >= 11 is 0. The van der Waals surface area contributed by atoms with E-state index in [0.717, 1.165) is 36.8 Å². The largest absolute Gasteiger partial charge is 0.480 e. The van der Waals surface area contributed by atoms with Gasteiger partial charge in [0.15, 0.2) is 0 Å². The standard InChI is InChI=1S/C20H22O3/c1-2-3-4-9-14-20(19(21)22)15-10-5-7-12-17(15)23-18-13-8-6-11-16(18)20/h5-8,10-13H,2-4,9,14H2,1H3,(H,21,22). The summed E-state index contributed by atoms with van der Waals surface area (Å²) < 4.78 is 5.95. The molecule has 1 aliphatic heterocycles. The van der Waals surface area contributed by atoms with Crippen molar-refractivity contribution in [3.63, 3.8) is 0 Å². The highest BCUT2D eigenvalue weighted by molar-refractivity contribution is 5.89. The van der Waals surface area contributed by atoms with Crippen LogP contribution in [-0.4, -0.2) is 11.1 Å². The van der Waals surface area contributed by atoms with Crippen molar-refractivity contribution in [2.24, 2.45) is 0 Å². The zero-order chi connectivity index (χ0) is 16.3. The number of para-hydroxylation sites is 2. The lowest BCUT2D eigenvalue weighted by atomic mass is 9.69. The first-order valence-electron chi connectivity index (χ1n) is 8.30. The third-order valence-electron chi connectivity index (χ3n) is 4.68. The summed E-state index contributed by atoms with van der Waals surface area (Å²) in [6.07, 6.45) is 4.81. The summed E-state index contributed by atoms with van der Waals surface area (Å²) in [5.41, 5.74) is 0.518. The van der Waals surface area contributed by atoms with E-state index >= 15 is 0 Å². The Hall–Kier alpha value is -2.29. The van der Waals surface area contributed by atoms with E-state index in [0.29, 0.717) is 17.9 Å². The Morgan fingerprint density at radius 3 is 2.04 bits per heavy atom. The molecule has 0 saturated carbocycles. The molecule has 0 aromatic heterocycles. The molecular weight excluding hydrogens is 288 g/mol. The topological polar surface area (TPSA) is 46.5 Å². The number of benzene rings is 2. The summed E-state index contributed by atoms with van der Waals surface area (Å²) in [6.45, 7) is 2.16. The summed E-state index contributed by atoms with van der Waals surface area (Å²) in [5, 5.41) is 10.2. The molecule has 0 bridgehead atoms. The number of carboxylic acids is 1. The van der Waals surface area contributed by atoms with E-state index in [1.807, 2.05) is 48.5 Å². The molecule has 120 valence electrons. The van der Waals surface area contributed by atoms with Crippen LogP contribution in [0.25, 0.3) is 0 Å². The van der Waals surface area contributed by atoms with Crippen LogP contribution >= 0.6 is 0 Å². The molecule has 23 heavy (non-hydrogen) atoms. The zero-order valence-electron chi connectivity index (χ0n) is 13.4. The Balaban J connectivity index is 2.11. The molecule has 2 aromatic rings. The number of unbranched alkanes of at least 4 members (excludes halogenated alkanes) is 3. The van der Waals surface area contributed by atoms with Gasteiger partial charge in [0.2, 0.25) is 0 Å². The molecule has 3 nitrogen and oxygen atoms in total. The van der Waals surface area contributed by atoms with Crippen LogP contribution in [0.2, 0.25) is 0 Å². The number of fused-ring (bicyclic) bond motifs is 2. The third-order valence-corrected chi connectivity index (χ3v) is 4.68. The maximum absolute atomic E-state index is 12.4. The second kappa shape index (κ2) is 6.45. The van der Waals surface area contributed by atoms with Crippen LogP contribution in [0.1, 0.15) is 50.2 Å². The SMILES string of the molecule is CCCCCCC1(C(=O)O)c2ccccc2Oc2ccccc21. The molecule has 2 aromatic carbocycles. The van der Waals surface area contributed by atoms with Crippen molar-refractivity contribution in [3.8, 4) is 11.5 Å². The molecule has 0 aliphatic carbocycles. The maximum Gasteiger partial charge on any atom is 0.318 e. The fourth-order valence-electron chi connectivity index (χ4n) is 3.50. The van der Waals surface area contributed by atoms with Crippen LogP contribution in [0.3, 0.4) is 0 Å². The smallest absolute Gasteiger partial charge is 0.318 e. The van der Waals surface area contributed by atoms with E-state index in [4.69, 9.17) is 4.74 Å². The minimum absolute atomic E-state index is 0.597. The van der Waals surface area contributed by atoms with Crippen LogP contribution in [0.5, 0.6) is 11.5 Å². The van der Waals surface area contributed by atoms with E-state index < -0.39 is 11.4 Å². The summed E-state index contributed by atoms with van der Waals surface area (Å²) in [6, 6.07) is 15.0. The van der Waals surface area contributed by atoms with Gasteiger partial charge < -0.3 is 9.84 Å². The quantitative estimate of drug-likeness (QED) is 0.752. The lowest BCUT2D eigenvalue weighted by Crippen LogP contribution is -2.39. The van der Waals surface area contributed by atoms with Gasteiger partial charge in [-0.25, -0.2) is 0 Å². The lowest BCUT2D eigenvalue weighted by Gasteiger charge is -2.37. The first-order valence-corrected chi connectivity index (χ1v) is 8.30. The Kier molecular flexibility index (Phi) is 4.37. The number of hydrogen-bond acceptors (Lipinski definition) is 2. The summed E-state index contributed by atoms with van der Waals surface area (Å²) in [4.78, 5) is 12.4. The fourth-order valence-corrected chi connectivity index (χ4v) is 3.50. The van der Waals surface area contributed by atoms with Crippen LogP contribution in [0, 0.1) is 0 Å². The molecule has 0 atom stereocenters. The van der Waals surface area contributed by atoms with Gasteiger partial charge in [-0.2, -0.15) is 0 Å². The van der Waals surface area contributed by atoms with Gasteiger partial charge in [0, 0.05) is 11.1 Å². The van der Waals surface area contributed by atoms with Crippen LogP contribution in [0.15, 0.2) is 48.5 Å². The normalized spacial score (nSPS) is 14.5. The maximum atomic E-state index is 12.4. The van der Waals surface area contributed by atoms with Crippen molar-refractivity contribution in [1.29, 1.82) is 0 Å². The number of rotatable bonds is 6. The third kappa shape index (κ3) is 2.61. The number of carbonyl (C=O) groups is 1. The van der Waals surface area contributed by atoms with Crippen LogP contribution in [-0.2, 0) is 10.2 Å². The minimum atomic E-state index is -1.01. The highest BCUT2D eigenvalue weighted by atomic mass is 16.5. The second-order valence-electron chi connectivity index (χ2n) is 6.12. The van der Waals surface area contributed by atoms with Crippen molar-refractivity contribution in [2.45, 2.75) is 44.4 Å². The molecule has 3 rings (SSSR count). The van der Waals surface area contributed by atoms with Crippen LogP contribution in [0.4, 0.5) is 0 Å². The number of carboxylic acid groups (broad SMARTS) is 1. The molecule has 1 N–H and O–H groups in total. The second-order valence-corrected chi connectivity index (χ2v) is 6.12. The van der Waals surface area contributed by atoms with E-state index in [9.17, 15) is 9.90 Å². The Morgan fingerprint density at radius 1 is 0.957 bits per heavy atom. The molecule has 0 amide bonds. The van der Waals surface area contributed by atoms with Gasteiger partial charge in [-0.3, -0.25) is 4.79 Å². The molecule has 0 fully saturated rings. The predicted octanol–water partition coefficient (Wildman–Crippen LogP) is 5.13. The first kappa shape index (κ1) is 15.6. The van der Waals surface area contributed by atoms with Gasteiger partial charge in [-0.1, -0.05) is 69.0 Å². The first-order chi connectivity index (χ1) is 11.2. The molecule has 0 radical (unpaired) electrons. The number of aliphatic carboxylic acids is 1. The van der Waals surface area contributed by atoms with E-state index in [1.54, 1.807) is 0 Å². The predicted molar refractivity (Wildman–Crippen MR) is 90.1 cm³/mol. The molecule has 1 aliphatic rings. The number of hydrogen-bond donors (Lipinski definition) is 1. The van der Waals surface area contributed by atoms with Crippen molar-refractivity contribution < 1.29 is 14.6 Å². The highest BCUT2D eigenvalue weighted by Crippen LogP contribution is 2.50. The minimum Gasteiger partial charge on any atom is -0.480 e. The van der Waals surface area contributed by atoms with Gasteiger partial charge in [0.1, 0.15) is 16.9 Å². The van der Waals surface area contributed by atoms with E-state index in [2.05, 4.69) is 6.92 Å². The highest BCUT2D eigenvalue weighted by Gasteiger charge is 2.47. The summed E-state index contributed by atoms with van der Waals surface area (Å²) in [7, 11) is 0. The average molecular weight is 310 g/mol. The van der Waals surface area contributed by atoms with Gasteiger partial charge >= 0.3 is 5.97 Å². The lowest BCUT2D eigenvalue weighted by molar-refractivity contribution is -0.142. The van der Waals surface area contributed by atoms with Gasteiger partial charge in [-0.15, -0.1) is 0 Å². The van der Waals surface area contributed by atoms with Crippen molar-refractivity contribution in [2.75, 3.05) is 0 Å². The molecular formula is C20H22O3. The molecule has 3 heteroatoms. The molecule has 1 heterocycles. The zero-order valence-corrected chi connectivity index (χ0v) is 13.4. The van der Waals surface area contributed by atoms with Crippen LogP contribution < -0.4 is 4.74 Å². The van der Waals surface area contributed by atoms with E-state index in [1.165, 1.54) is 0 Å². The average Bonchev–Trinajstić information content (AvgIpc) is 2.57. The van der Waals surface area contributed by atoms with Gasteiger partial charge in [0.05, 0.1) is 0 Å². The number of ether oxygens (including phenoxy) is 1. The molecule has 0 saturated heterocycles. The Morgan fingerprint density at radius 2 is 1.52 bits per heavy atom. The van der Waals surface area contributed by atoms with Crippen molar-refractivity contribution in [3.05, 3.63) is 59.7 Å². The molecule has 0 spiro atoms. The molecule has 0 unspecified atom stereocenters.